The average molecular weight is 462 g/mol. The number of aromatic nitrogens is 1. The summed E-state index contributed by atoms with van der Waals surface area (Å²) in [6.45, 7) is 2.82. The van der Waals surface area contributed by atoms with Crippen molar-refractivity contribution in [3.8, 4) is 5.75 Å². The number of fused-ring (bicyclic) bond motifs is 1. The molecule has 0 saturated carbocycles. The number of benzene rings is 1. The SMILES string of the molecule is CCCCC1CN(c2ccccc2)c2nc(SC)c(O/C=C/C(=O)O)cc2S(=O)N1C. The zero-order valence-corrected chi connectivity index (χ0v) is 19.5. The number of unbranched alkanes of at least 4 members (excludes halogenated alkanes) is 1. The maximum Gasteiger partial charge on any atom is 0.331 e. The maximum absolute atomic E-state index is 13.5. The average Bonchev–Trinajstić information content (AvgIpc) is 2.87. The molecule has 0 saturated heterocycles. The van der Waals surface area contributed by atoms with Crippen molar-refractivity contribution >= 4 is 40.2 Å². The molecule has 2 unspecified atom stereocenters. The van der Waals surface area contributed by atoms with Gasteiger partial charge in [0, 0.05) is 31.4 Å². The van der Waals surface area contributed by atoms with Gasteiger partial charge in [-0.2, -0.15) is 0 Å². The summed E-state index contributed by atoms with van der Waals surface area (Å²) in [5.41, 5.74) is 0.983. The van der Waals surface area contributed by atoms with Crippen LogP contribution in [-0.4, -0.2) is 50.5 Å². The minimum Gasteiger partial charge on any atom is -0.478 e. The molecule has 9 heteroatoms. The number of carbonyl (C=O) groups is 1. The fourth-order valence-corrected chi connectivity index (χ4v) is 5.18. The van der Waals surface area contributed by atoms with E-state index >= 15 is 0 Å². The molecule has 3 rings (SSSR count). The second-order valence-corrected chi connectivity index (χ2v) is 9.42. The molecule has 166 valence electrons. The van der Waals surface area contributed by atoms with Crippen LogP contribution in [0.4, 0.5) is 11.5 Å². The van der Waals surface area contributed by atoms with Crippen LogP contribution in [0.5, 0.6) is 5.75 Å². The van der Waals surface area contributed by atoms with Crippen molar-refractivity contribution in [2.24, 2.45) is 0 Å². The third-order valence-electron chi connectivity index (χ3n) is 5.07. The van der Waals surface area contributed by atoms with Crippen LogP contribution in [0.15, 0.2) is 58.7 Å². The van der Waals surface area contributed by atoms with E-state index in [0.717, 1.165) is 37.3 Å². The molecule has 0 fully saturated rings. The number of likely N-dealkylation sites (N-methyl/N-ethyl adjacent to an activating group) is 1. The molecule has 7 nitrogen and oxygen atoms in total. The van der Waals surface area contributed by atoms with Crippen LogP contribution in [0.25, 0.3) is 0 Å². The number of thioether (sulfide) groups is 1. The van der Waals surface area contributed by atoms with Gasteiger partial charge in [-0.25, -0.2) is 18.3 Å². The fraction of sp³-hybridized carbons (Fsp3) is 0.364. The molecular weight excluding hydrogens is 434 g/mol. The summed E-state index contributed by atoms with van der Waals surface area (Å²) in [6.07, 6.45) is 6.93. The number of hydrogen-bond donors (Lipinski definition) is 1. The molecule has 1 aliphatic heterocycles. The maximum atomic E-state index is 13.5. The lowest BCUT2D eigenvalue weighted by Gasteiger charge is -2.29. The van der Waals surface area contributed by atoms with Gasteiger partial charge in [0.1, 0.15) is 20.9 Å². The smallest absolute Gasteiger partial charge is 0.331 e. The predicted molar refractivity (Wildman–Crippen MR) is 124 cm³/mol. The lowest BCUT2D eigenvalue weighted by atomic mass is 10.1. The molecule has 31 heavy (non-hydrogen) atoms. The summed E-state index contributed by atoms with van der Waals surface area (Å²) in [7, 11) is 0.436. The van der Waals surface area contributed by atoms with Gasteiger partial charge in [-0.3, -0.25) is 0 Å². The van der Waals surface area contributed by atoms with Crippen molar-refractivity contribution < 1.29 is 18.8 Å². The molecule has 1 aromatic heterocycles. The van der Waals surface area contributed by atoms with Crippen LogP contribution >= 0.6 is 11.8 Å². The Morgan fingerprint density at radius 1 is 1.39 bits per heavy atom. The zero-order valence-electron chi connectivity index (χ0n) is 17.9. The molecule has 1 aromatic carbocycles. The Morgan fingerprint density at radius 2 is 2.13 bits per heavy atom. The van der Waals surface area contributed by atoms with E-state index in [2.05, 4.69) is 11.8 Å². The minimum atomic E-state index is -1.44. The Labute approximate surface area is 189 Å². The normalized spacial score (nSPS) is 19.3. The minimum absolute atomic E-state index is 0.0872. The van der Waals surface area contributed by atoms with Crippen LogP contribution in [0.3, 0.4) is 0 Å². The lowest BCUT2D eigenvalue weighted by Crippen LogP contribution is -2.38. The number of hydrogen-bond acceptors (Lipinski definition) is 6. The fourth-order valence-electron chi connectivity index (χ4n) is 3.42. The van der Waals surface area contributed by atoms with E-state index in [1.165, 1.54) is 11.8 Å². The Hall–Kier alpha value is -2.36. The van der Waals surface area contributed by atoms with Gasteiger partial charge in [0.2, 0.25) is 0 Å². The van der Waals surface area contributed by atoms with E-state index < -0.39 is 17.0 Å². The largest absolute Gasteiger partial charge is 0.478 e. The van der Waals surface area contributed by atoms with Gasteiger partial charge in [-0.15, -0.1) is 11.8 Å². The van der Waals surface area contributed by atoms with Gasteiger partial charge in [0.25, 0.3) is 0 Å². The van der Waals surface area contributed by atoms with E-state index in [4.69, 9.17) is 14.8 Å². The molecule has 0 amide bonds. The topological polar surface area (TPSA) is 83.0 Å². The van der Waals surface area contributed by atoms with Crippen molar-refractivity contribution in [3.05, 3.63) is 48.7 Å². The third-order valence-corrected chi connectivity index (χ3v) is 7.25. The van der Waals surface area contributed by atoms with Crippen LogP contribution < -0.4 is 9.64 Å². The van der Waals surface area contributed by atoms with Crippen molar-refractivity contribution in [2.75, 3.05) is 24.7 Å². The number of nitrogens with zero attached hydrogens (tertiary/aromatic N) is 3. The predicted octanol–water partition coefficient (Wildman–Crippen LogP) is 4.45. The number of aliphatic carboxylic acids is 1. The Kier molecular flexibility index (Phi) is 8.11. The van der Waals surface area contributed by atoms with Crippen molar-refractivity contribution in [1.82, 2.24) is 9.29 Å². The number of rotatable bonds is 8. The monoisotopic (exact) mass is 461 g/mol. The first-order valence-corrected chi connectivity index (χ1v) is 12.4. The molecule has 1 N–H and O–H groups in total. The Bertz CT molecular complexity index is 969. The summed E-state index contributed by atoms with van der Waals surface area (Å²) in [6, 6.07) is 11.8. The lowest BCUT2D eigenvalue weighted by molar-refractivity contribution is -0.131. The zero-order chi connectivity index (χ0) is 22.4. The van der Waals surface area contributed by atoms with Gasteiger partial charge < -0.3 is 14.7 Å². The Morgan fingerprint density at radius 3 is 2.77 bits per heavy atom. The quantitative estimate of drug-likeness (QED) is 0.353. The number of pyridine rings is 1. The van der Waals surface area contributed by atoms with Crippen molar-refractivity contribution in [2.45, 2.75) is 42.1 Å². The van der Waals surface area contributed by atoms with Gasteiger partial charge in [0.15, 0.2) is 11.6 Å². The van der Waals surface area contributed by atoms with Gasteiger partial charge >= 0.3 is 5.97 Å². The van der Waals surface area contributed by atoms with E-state index in [1.807, 2.05) is 47.9 Å². The van der Waals surface area contributed by atoms with Gasteiger partial charge in [-0.1, -0.05) is 38.0 Å². The molecule has 0 spiro atoms. The molecule has 2 heterocycles. The summed E-state index contributed by atoms with van der Waals surface area (Å²) in [5.74, 6) is -0.0921. The van der Waals surface area contributed by atoms with Crippen LogP contribution in [0.1, 0.15) is 26.2 Å². The molecule has 0 aliphatic carbocycles. The van der Waals surface area contributed by atoms with Gasteiger partial charge in [0.05, 0.1) is 12.3 Å². The highest BCUT2D eigenvalue weighted by atomic mass is 32.2. The second-order valence-electron chi connectivity index (χ2n) is 7.11. The highest BCUT2D eigenvalue weighted by Gasteiger charge is 2.33. The van der Waals surface area contributed by atoms with E-state index in [1.54, 1.807) is 6.07 Å². The molecule has 1 aliphatic rings. The number of para-hydroxylation sites is 1. The molecule has 2 atom stereocenters. The van der Waals surface area contributed by atoms with E-state index in [-0.39, 0.29) is 6.04 Å². The molecule has 0 bridgehead atoms. The second kappa shape index (κ2) is 10.8. The van der Waals surface area contributed by atoms with Crippen molar-refractivity contribution in [3.63, 3.8) is 0 Å². The molecule has 0 radical (unpaired) electrons. The van der Waals surface area contributed by atoms with Crippen LogP contribution in [0.2, 0.25) is 0 Å². The molecule has 2 aromatic rings. The first-order chi connectivity index (χ1) is 15.0. The number of carboxylic acids is 1. The number of anilines is 2. The summed E-state index contributed by atoms with van der Waals surface area (Å²) >= 11 is 1.39. The van der Waals surface area contributed by atoms with E-state index in [9.17, 15) is 9.00 Å². The number of ether oxygens (including phenoxy) is 1. The summed E-state index contributed by atoms with van der Waals surface area (Å²) < 4.78 is 21.0. The molecular formula is C22H27N3O4S2. The van der Waals surface area contributed by atoms with Crippen molar-refractivity contribution in [1.29, 1.82) is 0 Å². The van der Waals surface area contributed by atoms with Gasteiger partial charge in [-0.05, 0) is 24.8 Å². The first-order valence-electron chi connectivity index (χ1n) is 10.1. The summed E-state index contributed by atoms with van der Waals surface area (Å²) in [5, 5.41) is 9.43. The number of carboxylic acid groups (broad SMARTS) is 1. The van der Waals surface area contributed by atoms with E-state index in [0.29, 0.717) is 28.0 Å². The first kappa shape index (κ1) is 23.3. The standard InChI is InChI=1S/C22H27N3O4S2/c1-4-5-9-17-15-25(16-10-7-6-8-11-16)21-19(31(28)24(17)2)14-18(22(23-21)30-3)29-13-12-20(26)27/h6-8,10-14,17H,4-5,9,15H2,1-3H3,(H,26,27)/b13-12+. The Balaban J connectivity index is 2.12. The highest BCUT2D eigenvalue weighted by molar-refractivity contribution is 7.98. The van der Waals surface area contributed by atoms with Crippen LogP contribution in [0, 0.1) is 0 Å². The van der Waals surface area contributed by atoms with Crippen LogP contribution in [-0.2, 0) is 15.8 Å². The third kappa shape index (κ3) is 5.47. The highest BCUT2D eigenvalue weighted by Crippen LogP contribution is 2.39. The summed E-state index contributed by atoms with van der Waals surface area (Å²) in [4.78, 5) is 18.3.